The molecule has 0 aliphatic carbocycles. The number of ketones is 1. The maximum atomic E-state index is 12.6. The van der Waals surface area contributed by atoms with E-state index < -0.39 is 6.10 Å². The molecule has 1 amide bonds. The summed E-state index contributed by atoms with van der Waals surface area (Å²) in [4.78, 5) is 24.9. The van der Waals surface area contributed by atoms with Crippen LogP contribution >= 0.6 is 0 Å². The van der Waals surface area contributed by atoms with Crippen molar-refractivity contribution in [2.45, 2.75) is 25.5 Å². The van der Waals surface area contributed by atoms with E-state index in [0.717, 1.165) is 16.9 Å². The average molecular weight is 459 g/mol. The Balaban J connectivity index is 1.49. The molecule has 0 radical (unpaired) electrons. The highest BCUT2D eigenvalue weighted by Gasteiger charge is 2.16. The van der Waals surface area contributed by atoms with Crippen molar-refractivity contribution in [2.75, 3.05) is 19.0 Å². The molecule has 176 valence electrons. The van der Waals surface area contributed by atoms with Crippen LogP contribution < -0.4 is 15.4 Å². The molecule has 0 spiro atoms. The molecular weight excluding hydrogens is 428 g/mol. The largest absolute Gasteiger partial charge is 0.497 e. The number of amides is 1. The monoisotopic (exact) mass is 458 g/mol. The van der Waals surface area contributed by atoms with E-state index in [-0.39, 0.29) is 24.2 Å². The molecule has 3 aromatic carbocycles. The number of methoxy groups -OCH3 is 1. The fraction of sp³-hybridized carbons (Fsp3) is 0.214. The molecule has 0 aliphatic rings. The number of aliphatic hydroxyl groups is 1. The quantitative estimate of drug-likeness (QED) is 0.288. The zero-order valence-electron chi connectivity index (χ0n) is 19.4. The van der Waals surface area contributed by atoms with Gasteiger partial charge in [-0.3, -0.25) is 9.59 Å². The molecule has 3 rings (SSSR count). The van der Waals surface area contributed by atoms with Crippen LogP contribution in [0.2, 0.25) is 0 Å². The molecule has 2 unspecified atom stereocenters. The number of rotatable bonds is 11. The van der Waals surface area contributed by atoms with Crippen molar-refractivity contribution in [1.82, 2.24) is 5.32 Å². The summed E-state index contributed by atoms with van der Waals surface area (Å²) < 4.78 is 5.12. The van der Waals surface area contributed by atoms with Crippen LogP contribution in [0.3, 0.4) is 0 Å². The number of hydrogen-bond acceptors (Lipinski definition) is 5. The third-order valence-electron chi connectivity index (χ3n) is 5.43. The molecule has 6 heteroatoms. The van der Waals surface area contributed by atoms with Crippen molar-refractivity contribution in [3.8, 4) is 5.75 Å². The minimum atomic E-state index is -0.652. The summed E-state index contributed by atoms with van der Waals surface area (Å²) in [6.07, 6.45) is 2.78. The molecule has 6 nitrogen and oxygen atoms in total. The molecule has 0 fully saturated rings. The van der Waals surface area contributed by atoms with E-state index in [4.69, 9.17) is 4.74 Å². The number of anilines is 1. The van der Waals surface area contributed by atoms with Crippen molar-refractivity contribution in [1.29, 1.82) is 0 Å². The third-order valence-corrected chi connectivity index (χ3v) is 5.43. The predicted octanol–water partition coefficient (Wildman–Crippen LogP) is 4.63. The maximum Gasteiger partial charge on any atom is 0.248 e. The first-order valence-corrected chi connectivity index (χ1v) is 11.2. The lowest BCUT2D eigenvalue weighted by Crippen LogP contribution is -2.33. The number of carbonyl (C=O) groups excluding carboxylic acids is 2. The van der Waals surface area contributed by atoms with Gasteiger partial charge >= 0.3 is 0 Å². The summed E-state index contributed by atoms with van der Waals surface area (Å²) in [7, 11) is 1.60. The van der Waals surface area contributed by atoms with E-state index >= 15 is 0 Å². The second-order valence-electron chi connectivity index (χ2n) is 7.95. The molecular formula is C28H30N2O4. The molecule has 0 aromatic heterocycles. The lowest BCUT2D eigenvalue weighted by Gasteiger charge is -2.20. The van der Waals surface area contributed by atoms with Gasteiger partial charge in [-0.15, -0.1) is 0 Å². The Morgan fingerprint density at radius 2 is 1.74 bits per heavy atom. The SMILES string of the molecule is COc1ccc(/C=C/C(=O)Nc2cccc(C(=O)CCNC(C)C(O)c3ccccc3)c2)cc1. The summed E-state index contributed by atoms with van der Waals surface area (Å²) in [5.41, 5.74) is 2.78. The highest BCUT2D eigenvalue weighted by atomic mass is 16.5. The number of carbonyl (C=O) groups is 2. The summed E-state index contributed by atoms with van der Waals surface area (Å²) >= 11 is 0. The minimum Gasteiger partial charge on any atom is -0.497 e. The minimum absolute atomic E-state index is 0.0428. The van der Waals surface area contributed by atoms with Crippen LogP contribution in [0.25, 0.3) is 6.08 Å². The fourth-order valence-electron chi connectivity index (χ4n) is 3.45. The molecule has 3 N–H and O–H groups in total. The van der Waals surface area contributed by atoms with Crippen LogP contribution in [0.5, 0.6) is 5.75 Å². The first-order valence-electron chi connectivity index (χ1n) is 11.2. The Hall–Kier alpha value is -3.74. The topological polar surface area (TPSA) is 87.7 Å². The van der Waals surface area contributed by atoms with Gasteiger partial charge in [-0.2, -0.15) is 0 Å². The van der Waals surface area contributed by atoms with E-state index in [1.54, 1.807) is 37.5 Å². The van der Waals surface area contributed by atoms with E-state index in [2.05, 4.69) is 10.6 Å². The van der Waals surface area contributed by atoms with Gasteiger partial charge in [-0.1, -0.05) is 54.6 Å². The van der Waals surface area contributed by atoms with Crippen molar-refractivity contribution < 1.29 is 19.4 Å². The Labute approximate surface area is 200 Å². The normalized spacial score (nSPS) is 12.8. The lowest BCUT2D eigenvalue weighted by molar-refractivity contribution is -0.111. The molecule has 34 heavy (non-hydrogen) atoms. The van der Waals surface area contributed by atoms with Crippen LogP contribution in [0.15, 0.2) is 84.9 Å². The van der Waals surface area contributed by atoms with Crippen LogP contribution in [0.4, 0.5) is 5.69 Å². The van der Waals surface area contributed by atoms with Gasteiger partial charge in [0.15, 0.2) is 5.78 Å². The second kappa shape index (κ2) is 12.5. The van der Waals surface area contributed by atoms with E-state index in [1.165, 1.54) is 6.08 Å². The van der Waals surface area contributed by atoms with Gasteiger partial charge in [-0.25, -0.2) is 0 Å². The summed E-state index contributed by atoms with van der Waals surface area (Å²) in [5.74, 6) is 0.421. The van der Waals surface area contributed by atoms with Gasteiger partial charge in [0.1, 0.15) is 5.75 Å². The first kappa shape index (κ1) is 24.9. The zero-order valence-corrected chi connectivity index (χ0v) is 19.4. The third kappa shape index (κ3) is 7.40. The van der Waals surface area contributed by atoms with Crippen LogP contribution in [0.1, 0.15) is 40.9 Å². The molecule has 0 bridgehead atoms. The number of nitrogens with one attached hydrogen (secondary N) is 2. The van der Waals surface area contributed by atoms with E-state index in [9.17, 15) is 14.7 Å². The van der Waals surface area contributed by atoms with Crippen molar-refractivity contribution >= 4 is 23.5 Å². The standard InChI is InChI=1S/C28H30N2O4/c1-20(28(33)22-7-4-3-5-8-22)29-18-17-26(31)23-9-6-10-24(19-23)30-27(32)16-13-21-11-14-25(34-2)15-12-21/h3-16,19-20,28-29,33H,17-18H2,1-2H3,(H,30,32)/b16-13+. The summed E-state index contributed by atoms with van der Waals surface area (Å²) in [5, 5.41) is 16.4. The van der Waals surface area contributed by atoms with Gasteiger partial charge < -0.3 is 20.5 Å². The maximum absolute atomic E-state index is 12.6. The number of Topliss-reactive ketones (excluding diaryl/α,β-unsaturated/α-hetero) is 1. The number of benzene rings is 3. The van der Waals surface area contributed by atoms with Gasteiger partial charge in [0.2, 0.25) is 5.91 Å². The van der Waals surface area contributed by atoms with Gasteiger partial charge in [0, 0.05) is 36.3 Å². The van der Waals surface area contributed by atoms with E-state index in [1.807, 2.05) is 61.5 Å². The van der Waals surface area contributed by atoms with Crippen molar-refractivity contribution in [2.24, 2.45) is 0 Å². The zero-order chi connectivity index (χ0) is 24.3. The molecule has 0 aliphatic heterocycles. The number of aliphatic hydroxyl groups excluding tert-OH is 1. The summed E-state index contributed by atoms with van der Waals surface area (Å²) in [6, 6.07) is 23.5. The van der Waals surface area contributed by atoms with Crippen LogP contribution in [-0.4, -0.2) is 36.5 Å². The molecule has 0 saturated heterocycles. The van der Waals surface area contributed by atoms with Gasteiger partial charge in [-0.05, 0) is 48.4 Å². The first-order chi connectivity index (χ1) is 16.5. The number of ether oxygens (including phenoxy) is 1. The second-order valence-corrected chi connectivity index (χ2v) is 7.95. The van der Waals surface area contributed by atoms with Gasteiger partial charge in [0.25, 0.3) is 0 Å². The molecule has 3 aromatic rings. The smallest absolute Gasteiger partial charge is 0.248 e. The van der Waals surface area contributed by atoms with Gasteiger partial charge in [0.05, 0.1) is 13.2 Å². The fourth-order valence-corrected chi connectivity index (χ4v) is 3.45. The van der Waals surface area contributed by atoms with Crippen LogP contribution in [-0.2, 0) is 4.79 Å². The Bertz CT molecular complexity index is 1110. The number of hydrogen-bond donors (Lipinski definition) is 3. The molecule has 0 saturated carbocycles. The Morgan fingerprint density at radius 1 is 1.00 bits per heavy atom. The molecule has 0 heterocycles. The Kier molecular flexibility index (Phi) is 9.14. The summed E-state index contributed by atoms with van der Waals surface area (Å²) in [6.45, 7) is 2.32. The predicted molar refractivity (Wildman–Crippen MR) is 135 cm³/mol. The average Bonchev–Trinajstić information content (AvgIpc) is 2.87. The highest BCUT2D eigenvalue weighted by molar-refractivity contribution is 6.03. The van der Waals surface area contributed by atoms with Crippen molar-refractivity contribution in [3.63, 3.8) is 0 Å². The lowest BCUT2D eigenvalue weighted by atomic mass is 10.0. The Morgan fingerprint density at radius 3 is 2.44 bits per heavy atom. The van der Waals surface area contributed by atoms with E-state index in [0.29, 0.717) is 17.8 Å². The highest BCUT2D eigenvalue weighted by Crippen LogP contribution is 2.17. The van der Waals surface area contributed by atoms with Crippen LogP contribution in [0, 0.1) is 0 Å². The van der Waals surface area contributed by atoms with Crippen molar-refractivity contribution in [3.05, 3.63) is 102 Å². The molecule has 2 atom stereocenters.